The summed E-state index contributed by atoms with van der Waals surface area (Å²) in [5.41, 5.74) is 3.43. The second kappa shape index (κ2) is 6.02. The number of rotatable bonds is 5. The van der Waals surface area contributed by atoms with E-state index < -0.39 is 0 Å². The predicted octanol–water partition coefficient (Wildman–Crippen LogP) is 2.50. The molecule has 0 aliphatic rings. The van der Waals surface area contributed by atoms with Gasteiger partial charge in [-0.15, -0.1) is 5.10 Å². The van der Waals surface area contributed by atoms with E-state index in [4.69, 9.17) is 0 Å². The molecule has 5 heteroatoms. The van der Waals surface area contributed by atoms with E-state index in [9.17, 15) is 0 Å². The molecule has 0 bridgehead atoms. The first-order chi connectivity index (χ1) is 8.76. The second-order valence-electron chi connectivity index (χ2n) is 4.22. The molecule has 0 aromatic carbocycles. The predicted molar refractivity (Wildman–Crippen MR) is 73.8 cm³/mol. The van der Waals surface area contributed by atoms with Crippen molar-refractivity contribution in [3.8, 4) is 0 Å². The van der Waals surface area contributed by atoms with Crippen LogP contribution in [0.2, 0.25) is 0 Å². The molecule has 0 radical (unpaired) electrons. The molecule has 2 rings (SSSR count). The fourth-order valence-electron chi connectivity index (χ4n) is 1.98. The number of aryl methyl sites for hydroxylation is 2. The lowest BCUT2D eigenvalue weighted by molar-refractivity contribution is 0.630. The van der Waals surface area contributed by atoms with Crippen LogP contribution in [0.3, 0.4) is 0 Å². The fourth-order valence-corrected chi connectivity index (χ4v) is 2.82. The SMILES string of the molecule is CCNC(c1cncc(C)c1)c1snnc1CC. The normalized spacial score (nSPS) is 12.6. The smallest absolute Gasteiger partial charge is 0.0804 e. The average molecular weight is 262 g/mol. The Morgan fingerprint density at radius 3 is 2.83 bits per heavy atom. The molecule has 96 valence electrons. The van der Waals surface area contributed by atoms with Gasteiger partial charge in [0.05, 0.1) is 16.6 Å². The van der Waals surface area contributed by atoms with Gasteiger partial charge >= 0.3 is 0 Å². The van der Waals surface area contributed by atoms with E-state index in [-0.39, 0.29) is 6.04 Å². The average Bonchev–Trinajstić information content (AvgIpc) is 2.84. The zero-order valence-corrected chi connectivity index (χ0v) is 11.8. The van der Waals surface area contributed by atoms with Gasteiger partial charge < -0.3 is 5.32 Å². The van der Waals surface area contributed by atoms with Crippen LogP contribution in [0, 0.1) is 6.92 Å². The van der Waals surface area contributed by atoms with E-state index in [1.54, 1.807) is 0 Å². The minimum absolute atomic E-state index is 0.150. The fraction of sp³-hybridized carbons (Fsp3) is 0.462. The van der Waals surface area contributed by atoms with Crippen molar-refractivity contribution in [1.82, 2.24) is 19.9 Å². The topological polar surface area (TPSA) is 50.7 Å². The summed E-state index contributed by atoms with van der Waals surface area (Å²) in [6, 6.07) is 2.32. The van der Waals surface area contributed by atoms with Gasteiger partial charge in [0, 0.05) is 12.4 Å². The summed E-state index contributed by atoms with van der Waals surface area (Å²) in [6.45, 7) is 7.18. The van der Waals surface area contributed by atoms with Crippen LogP contribution in [0.1, 0.15) is 41.6 Å². The van der Waals surface area contributed by atoms with Gasteiger partial charge in [-0.2, -0.15) is 0 Å². The van der Waals surface area contributed by atoms with Gasteiger partial charge in [0.1, 0.15) is 0 Å². The molecule has 4 nitrogen and oxygen atoms in total. The molecule has 0 spiro atoms. The lowest BCUT2D eigenvalue weighted by atomic mass is 10.0. The molecule has 0 amide bonds. The van der Waals surface area contributed by atoms with Gasteiger partial charge in [0.2, 0.25) is 0 Å². The Kier molecular flexibility index (Phi) is 4.38. The second-order valence-corrected chi connectivity index (χ2v) is 5.01. The molecule has 0 saturated heterocycles. The molecule has 0 aliphatic heterocycles. The molecule has 0 fully saturated rings. The van der Waals surface area contributed by atoms with E-state index in [1.165, 1.54) is 27.5 Å². The van der Waals surface area contributed by atoms with Crippen LogP contribution in [0.4, 0.5) is 0 Å². The first kappa shape index (κ1) is 13.1. The summed E-state index contributed by atoms with van der Waals surface area (Å²) in [5, 5.41) is 7.69. The van der Waals surface area contributed by atoms with Gasteiger partial charge in [-0.05, 0) is 42.5 Å². The zero-order chi connectivity index (χ0) is 13.0. The Morgan fingerprint density at radius 1 is 1.33 bits per heavy atom. The van der Waals surface area contributed by atoms with Crippen molar-refractivity contribution in [3.63, 3.8) is 0 Å². The zero-order valence-electron chi connectivity index (χ0n) is 11.0. The van der Waals surface area contributed by atoms with Crippen molar-refractivity contribution >= 4 is 11.5 Å². The standard InChI is InChI=1S/C13H18N4S/c1-4-11-13(18-17-16-11)12(15-5-2)10-6-9(3)7-14-8-10/h6-8,12,15H,4-5H2,1-3H3. The first-order valence-corrected chi connectivity index (χ1v) is 6.99. The number of hydrogen-bond donors (Lipinski definition) is 1. The molecule has 1 N–H and O–H groups in total. The van der Waals surface area contributed by atoms with Gasteiger partial charge in [0.25, 0.3) is 0 Å². The summed E-state index contributed by atoms with van der Waals surface area (Å²) >= 11 is 1.47. The number of aromatic nitrogens is 3. The number of nitrogens with one attached hydrogen (secondary N) is 1. The van der Waals surface area contributed by atoms with Gasteiger partial charge in [-0.1, -0.05) is 24.4 Å². The number of pyridine rings is 1. The maximum Gasteiger partial charge on any atom is 0.0804 e. The highest BCUT2D eigenvalue weighted by molar-refractivity contribution is 7.05. The third kappa shape index (κ3) is 2.73. The minimum Gasteiger partial charge on any atom is -0.306 e. The van der Waals surface area contributed by atoms with Gasteiger partial charge in [0.15, 0.2) is 0 Å². The van der Waals surface area contributed by atoms with Crippen molar-refractivity contribution in [2.75, 3.05) is 6.54 Å². The van der Waals surface area contributed by atoms with Crippen LogP contribution in [0.5, 0.6) is 0 Å². The Morgan fingerprint density at radius 2 is 2.17 bits per heavy atom. The van der Waals surface area contributed by atoms with E-state index in [0.29, 0.717) is 0 Å². The van der Waals surface area contributed by atoms with Crippen molar-refractivity contribution in [2.45, 2.75) is 33.2 Å². The van der Waals surface area contributed by atoms with Crippen molar-refractivity contribution in [3.05, 3.63) is 40.2 Å². The molecule has 1 unspecified atom stereocenters. The lowest BCUT2D eigenvalue weighted by Crippen LogP contribution is -2.22. The highest BCUT2D eigenvalue weighted by atomic mass is 32.1. The number of nitrogens with zero attached hydrogens (tertiary/aromatic N) is 3. The van der Waals surface area contributed by atoms with Gasteiger partial charge in [-0.3, -0.25) is 4.98 Å². The third-order valence-electron chi connectivity index (χ3n) is 2.82. The van der Waals surface area contributed by atoms with Crippen LogP contribution >= 0.6 is 11.5 Å². The molecule has 18 heavy (non-hydrogen) atoms. The number of hydrogen-bond acceptors (Lipinski definition) is 5. The Labute approximate surface area is 112 Å². The maximum absolute atomic E-state index is 4.28. The summed E-state index contributed by atoms with van der Waals surface area (Å²) in [4.78, 5) is 5.48. The molecular weight excluding hydrogens is 244 g/mol. The molecule has 2 aromatic rings. The van der Waals surface area contributed by atoms with E-state index in [1.807, 2.05) is 12.4 Å². The quantitative estimate of drug-likeness (QED) is 0.899. The summed E-state index contributed by atoms with van der Waals surface area (Å²) in [7, 11) is 0. The molecular formula is C13H18N4S. The largest absolute Gasteiger partial charge is 0.306 e. The Hall–Kier alpha value is -1.33. The minimum atomic E-state index is 0.150. The van der Waals surface area contributed by atoms with Crippen LogP contribution in [0.15, 0.2) is 18.5 Å². The van der Waals surface area contributed by atoms with Crippen LogP contribution in [0.25, 0.3) is 0 Å². The molecule has 0 saturated carbocycles. The summed E-state index contributed by atoms with van der Waals surface area (Å²) < 4.78 is 4.08. The molecule has 2 aromatic heterocycles. The third-order valence-corrected chi connectivity index (χ3v) is 3.65. The monoisotopic (exact) mass is 262 g/mol. The molecule has 0 aliphatic carbocycles. The molecule has 2 heterocycles. The van der Waals surface area contributed by atoms with Gasteiger partial charge in [-0.25, -0.2) is 0 Å². The summed E-state index contributed by atoms with van der Waals surface area (Å²) in [6.07, 6.45) is 4.70. The maximum atomic E-state index is 4.28. The Bertz CT molecular complexity index is 509. The van der Waals surface area contributed by atoms with Crippen molar-refractivity contribution in [1.29, 1.82) is 0 Å². The van der Waals surface area contributed by atoms with Crippen molar-refractivity contribution in [2.24, 2.45) is 0 Å². The van der Waals surface area contributed by atoms with E-state index >= 15 is 0 Å². The first-order valence-electron chi connectivity index (χ1n) is 6.22. The summed E-state index contributed by atoms with van der Waals surface area (Å²) in [5.74, 6) is 0. The highest BCUT2D eigenvalue weighted by Gasteiger charge is 2.19. The highest BCUT2D eigenvalue weighted by Crippen LogP contribution is 2.27. The molecule has 1 atom stereocenters. The lowest BCUT2D eigenvalue weighted by Gasteiger charge is -2.17. The van der Waals surface area contributed by atoms with E-state index in [0.717, 1.165) is 18.7 Å². The van der Waals surface area contributed by atoms with Crippen LogP contribution < -0.4 is 5.32 Å². The van der Waals surface area contributed by atoms with Crippen LogP contribution in [-0.4, -0.2) is 21.1 Å². The van der Waals surface area contributed by atoms with Crippen LogP contribution in [-0.2, 0) is 6.42 Å². The van der Waals surface area contributed by atoms with Crippen molar-refractivity contribution < 1.29 is 0 Å². The van der Waals surface area contributed by atoms with E-state index in [2.05, 4.69) is 46.7 Å². The Balaban J connectivity index is 2.39.